The van der Waals surface area contributed by atoms with Crippen LogP contribution in [0.4, 0.5) is 0 Å². The Morgan fingerprint density at radius 3 is 1.56 bits per heavy atom. The molecule has 4 rings (SSSR count). The fourth-order valence-electron chi connectivity index (χ4n) is 10.8. The van der Waals surface area contributed by atoms with Crippen LogP contribution >= 0.6 is 0 Å². The summed E-state index contributed by atoms with van der Waals surface area (Å²) in [4.78, 5) is 0. The number of rotatable bonds is 23. The van der Waals surface area contributed by atoms with Gasteiger partial charge in [0, 0.05) is 19.8 Å². The Kier molecular flexibility index (Phi) is 30.5. The van der Waals surface area contributed by atoms with Crippen LogP contribution in [0.2, 0.25) is 0 Å². The van der Waals surface area contributed by atoms with Crippen molar-refractivity contribution in [3.05, 3.63) is 0 Å². The highest BCUT2D eigenvalue weighted by Crippen LogP contribution is 2.67. The van der Waals surface area contributed by atoms with E-state index in [1.807, 2.05) is 0 Å². The summed E-state index contributed by atoms with van der Waals surface area (Å²) in [6, 6.07) is 0. The predicted molar refractivity (Wildman–Crippen MR) is 225 cm³/mol. The molecular weight excluding hydrogens is 645 g/mol. The zero-order valence-corrected chi connectivity index (χ0v) is 35.2. The topological polar surface area (TPSA) is 151 Å². The molecule has 4 aliphatic carbocycles. The zero-order chi connectivity index (χ0) is 38.3. The summed E-state index contributed by atoms with van der Waals surface area (Å²) in [5, 5.41) is 27.7. The third-order valence-electron chi connectivity index (χ3n) is 14.0. The van der Waals surface area contributed by atoms with Gasteiger partial charge in [-0.1, -0.05) is 104 Å². The monoisotopic (exact) mass is 739 g/mol. The van der Waals surface area contributed by atoms with Crippen molar-refractivity contribution in [3.63, 3.8) is 0 Å². The van der Waals surface area contributed by atoms with E-state index in [9.17, 15) is 0 Å². The molecule has 0 aliphatic heterocycles. The Hall–Kier alpha value is -0.280. The molecule has 4 fully saturated rings. The van der Waals surface area contributed by atoms with E-state index in [4.69, 9.17) is 32.5 Å². The molecule has 312 valence electrons. The van der Waals surface area contributed by atoms with Gasteiger partial charge >= 0.3 is 0 Å². The molecule has 7 unspecified atom stereocenters. The van der Waals surface area contributed by atoms with Gasteiger partial charge in [0.25, 0.3) is 0 Å². The van der Waals surface area contributed by atoms with Crippen LogP contribution in [-0.4, -0.2) is 67.9 Å². The van der Waals surface area contributed by atoms with Crippen LogP contribution in [0.5, 0.6) is 0 Å². The first-order chi connectivity index (χ1) is 25.3. The molecule has 7 atom stereocenters. The molecule has 0 bridgehead atoms. The SMILES string of the molecule is CCCCCCCCCCCCCNCCCCC1CCC2C3CCC4CCCCC4(C)C3CCC12C.NCCCO.NCCCO.NCCCO. The number of unbranched alkanes of at least 4 members (excludes halogenated alkanes) is 11. The van der Waals surface area contributed by atoms with Gasteiger partial charge in [-0.15, -0.1) is 0 Å². The van der Waals surface area contributed by atoms with E-state index < -0.39 is 0 Å². The number of fused-ring (bicyclic) bond motifs is 5. The van der Waals surface area contributed by atoms with Crippen molar-refractivity contribution >= 4 is 0 Å². The van der Waals surface area contributed by atoms with Gasteiger partial charge < -0.3 is 37.8 Å². The van der Waals surface area contributed by atoms with Gasteiger partial charge in [0.15, 0.2) is 0 Å². The maximum atomic E-state index is 7.99. The van der Waals surface area contributed by atoms with Crippen molar-refractivity contribution in [2.75, 3.05) is 52.5 Å². The summed E-state index contributed by atoms with van der Waals surface area (Å²) in [7, 11) is 0. The molecule has 7 heteroatoms. The normalized spacial score (nSPS) is 28.9. The minimum absolute atomic E-state index is 0.219. The highest BCUT2D eigenvalue weighted by atomic mass is 16.3. The summed E-state index contributed by atoms with van der Waals surface area (Å²) < 4.78 is 0. The lowest BCUT2D eigenvalue weighted by molar-refractivity contribution is -0.111. The number of nitrogens with two attached hydrogens (primary N) is 3. The summed E-state index contributed by atoms with van der Waals surface area (Å²) in [5.74, 6) is 5.32. The van der Waals surface area contributed by atoms with Gasteiger partial charge in [0.2, 0.25) is 0 Å². The van der Waals surface area contributed by atoms with Gasteiger partial charge in [0.1, 0.15) is 0 Å². The maximum absolute atomic E-state index is 7.99. The Morgan fingerprint density at radius 1 is 0.519 bits per heavy atom. The molecule has 0 radical (unpaired) electrons. The molecule has 0 aromatic rings. The van der Waals surface area contributed by atoms with Crippen LogP contribution in [0.15, 0.2) is 0 Å². The Balaban J connectivity index is 0.000000760. The van der Waals surface area contributed by atoms with E-state index in [0.29, 0.717) is 30.5 Å². The lowest BCUT2D eigenvalue weighted by Gasteiger charge is -2.60. The molecule has 7 nitrogen and oxygen atoms in total. The summed E-state index contributed by atoms with van der Waals surface area (Å²) >= 11 is 0. The molecule has 0 amide bonds. The smallest absolute Gasteiger partial charge is 0.0443 e. The molecule has 4 saturated carbocycles. The zero-order valence-electron chi connectivity index (χ0n) is 35.2. The summed E-state index contributed by atoms with van der Waals surface area (Å²) in [6.45, 7) is 12.8. The highest BCUT2D eigenvalue weighted by Gasteiger charge is 2.59. The number of hydrogen-bond donors (Lipinski definition) is 7. The van der Waals surface area contributed by atoms with Crippen LogP contribution in [0.1, 0.15) is 194 Å². The molecule has 4 aliphatic rings. The van der Waals surface area contributed by atoms with Crippen molar-refractivity contribution in [2.45, 2.75) is 194 Å². The molecule has 0 heterocycles. The van der Waals surface area contributed by atoms with E-state index in [1.165, 1.54) is 116 Å². The van der Waals surface area contributed by atoms with Gasteiger partial charge in [-0.2, -0.15) is 0 Å². The quantitative estimate of drug-likeness (QED) is 0.0517. The minimum Gasteiger partial charge on any atom is -0.396 e. The second kappa shape index (κ2) is 31.9. The van der Waals surface area contributed by atoms with Crippen molar-refractivity contribution in [3.8, 4) is 0 Å². The molecule has 0 spiro atoms. The van der Waals surface area contributed by atoms with Crippen LogP contribution in [0, 0.1) is 40.4 Å². The van der Waals surface area contributed by atoms with E-state index in [1.54, 1.807) is 51.4 Å². The van der Waals surface area contributed by atoms with Gasteiger partial charge in [-0.25, -0.2) is 0 Å². The molecule has 0 aromatic carbocycles. The van der Waals surface area contributed by atoms with Crippen molar-refractivity contribution in [1.82, 2.24) is 5.32 Å². The van der Waals surface area contributed by atoms with E-state index in [0.717, 1.165) is 48.9 Å². The third-order valence-corrected chi connectivity index (χ3v) is 14.0. The minimum atomic E-state index is 0.219. The number of nitrogens with one attached hydrogen (secondary N) is 1. The average Bonchev–Trinajstić information content (AvgIpc) is 3.49. The second-order valence-electron chi connectivity index (χ2n) is 17.6. The van der Waals surface area contributed by atoms with E-state index in [2.05, 4.69) is 26.1 Å². The lowest BCUT2D eigenvalue weighted by atomic mass is 9.45. The highest BCUT2D eigenvalue weighted by molar-refractivity contribution is 5.08. The molecule has 0 saturated heterocycles. The van der Waals surface area contributed by atoms with Gasteiger partial charge in [-0.05, 0) is 163 Å². The second-order valence-corrected chi connectivity index (χ2v) is 17.6. The fraction of sp³-hybridized carbons (Fsp3) is 1.00. The fourth-order valence-corrected chi connectivity index (χ4v) is 10.8. The standard InChI is InChI=1S/C36H67N.3C3H9NO/c1-4-5-6-7-8-9-10-11-12-13-17-28-37-29-18-15-20-31-22-24-33-32-23-21-30-19-14-16-26-35(30,2)34(32)25-27-36(31,33)3;3*4-2-1-3-5/h30-34,37H,4-29H2,1-3H3;3*5H,1-4H2. The van der Waals surface area contributed by atoms with Crippen LogP contribution in [0.3, 0.4) is 0 Å². The lowest BCUT2D eigenvalue weighted by Crippen LogP contribution is -2.52. The van der Waals surface area contributed by atoms with Crippen molar-refractivity contribution in [2.24, 2.45) is 57.6 Å². The number of aliphatic hydroxyl groups is 3. The first kappa shape index (κ1) is 49.7. The van der Waals surface area contributed by atoms with E-state index >= 15 is 0 Å². The molecule has 52 heavy (non-hydrogen) atoms. The first-order valence-electron chi connectivity index (χ1n) is 23.0. The Bertz CT molecular complexity index is 769. The van der Waals surface area contributed by atoms with Crippen LogP contribution in [0.25, 0.3) is 0 Å². The van der Waals surface area contributed by atoms with Crippen molar-refractivity contribution in [1.29, 1.82) is 0 Å². The van der Waals surface area contributed by atoms with Gasteiger partial charge in [-0.3, -0.25) is 0 Å². The Morgan fingerprint density at radius 2 is 1.04 bits per heavy atom. The van der Waals surface area contributed by atoms with Gasteiger partial charge in [0.05, 0.1) is 0 Å². The predicted octanol–water partition coefficient (Wildman–Crippen LogP) is 9.09. The largest absolute Gasteiger partial charge is 0.396 e. The summed E-state index contributed by atoms with van der Waals surface area (Å²) in [5.41, 5.74) is 16.3. The molecular formula is C45H94N4O3. The van der Waals surface area contributed by atoms with Crippen LogP contribution in [-0.2, 0) is 0 Å². The Labute approximate surface area is 324 Å². The molecule has 0 aromatic heterocycles. The number of aliphatic hydroxyl groups excluding tert-OH is 3. The van der Waals surface area contributed by atoms with Crippen molar-refractivity contribution < 1.29 is 15.3 Å². The number of hydrogen-bond acceptors (Lipinski definition) is 7. The third kappa shape index (κ3) is 18.6. The molecule has 10 N–H and O–H groups in total. The maximum Gasteiger partial charge on any atom is 0.0443 e. The summed E-state index contributed by atoms with van der Waals surface area (Å²) in [6.07, 6.45) is 38.0. The van der Waals surface area contributed by atoms with E-state index in [-0.39, 0.29) is 19.8 Å². The average molecular weight is 739 g/mol. The van der Waals surface area contributed by atoms with Crippen LogP contribution < -0.4 is 22.5 Å². The first-order valence-corrected chi connectivity index (χ1v) is 23.0.